The molecule has 3 nitrogen and oxygen atoms in total. The van der Waals surface area contributed by atoms with Crippen molar-refractivity contribution in [3.05, 3.63) is 35.9 Å². The first-order chi connectivity index (χ1) is 9.28. The topological polar surface area (TPSA) is 25.0 Å². The van der Waals surface area contributed by atoms with Crippen molar-refractivity contribution in [1.82, 2.24) is 4.90 Å². The Morgan fingerprint density at radius 1 is 1.32 bits per heavy atom. The summed E-state index contributed by atoms with van der Waals surface area (Å²) in [5, 5.41) is 0. The quantitative estimate of drug-likeness (QED) is 0.758. The Morgan fingerprint density at radius 3 is 2.84 bits per heavy atom. The summed E-state index contributed by atoms with van der Waals surface area (Å²) in [6.45, 7) is 4.83. The van der Waals surface area contributed by atoms with Gasteiger partial charge < -0.3 is 14.4 Å². The average Bonchev–Trinajstić information content (AvgIpc) is 3.21. The van der Waals surface area contributed by atoms with Crippen LogP contribution < -0.4 is 0 Å². The third kappa shape index (κ3) is 3.16. The van der Waals surface area contributed by atoms with Crippen molar-refractivity contribution >= 4 is 0 Å². The van der Waals surface area contributed by atoms with Gasteiger partial charge in [-0.15, -0.1) is 0 Å². The smallest absolute Gasteiger partial charge is 0.100 e. The van der Waals surface area contributed by atoms with Crippen LogP contribution in [0, 0.1) is 5.92 Å². The molecule has 2 saturated heterocycles. The van der Waals surface area contributed by atoms with Gasteiger partial charge in [0.1, 0.15) is 5.60 Å². The average molecular weight is 261 g/mol. The molecule has 0 aliphatic carbocycles. The molecule has 0 radical (unpaired) electrons. The van der Waals surface area contributed by atoms with Crippen molar-refractivity contribution in [3.63, 3.8) is 0 Å². The van der Waals surface area contributed by atoms with Gasteiger partial charge in [-0.2, -0.15) is 0 Å². The van der Waals surface area contributed by atoms with Crippen LogP contribution in [-0.2, 0) is 15.9 Å². The van der Waals surface area contributed by atoms with E-state index in [4.69, 9.17) is 9.47 Å². The Balaban J connectivity index is 1.47. The van der Waals surface area contributed by atoms with Crippen molar-refractivity contribution in [2.45, 2.75) is 18.4 Å². The Hall–Kier alpha value is -0.900. The van der Waals surface area contributed by atoms with Crippen LogP contribution in [0.1, 0.15) is 12.0 Å². The molecule has 2 aliphatic heterocycles. The monoisotopic (exact) mass is 261 g/mol. The number of hydrogen-bond acceptors (Lipinski definition) is 3. The largest absolute Gasteiger partial charge is 0.381 e. The van der Waals surface area contributed by atoms with E-state index in [1.54, 1.807) is 0 Å². The van der Waals surface area contributed by atoms with E-state index in [1.165, 1.54) is 5.56 Å². The van der Waals surface area contributed by atoms with Crippen molar-refractivity contribution < 1.29 is 9.47 Å². The van der Waals surface area contributed by atoms with Gasteiger partial charge in [0.2, 0.25) is 0 Å². The van der Waals surface area contributed by atoms with E-state index in [0.717, 1.165) is 45.8 Å². The van der Waals surface area contributed by atoms with E-state index >= 15 is 0 Å². The molecule has 1 aromatic rings. The molecule has 2 unspecified atom stereocenters. The summed E-state index contributed by atoms with van der Waals surface area (Å²) in [5.74, 6) is 0.544. The van der Waals surface area contributed by atoms with Gasteiger partial charge in [-0.05, 0) is 19.0 Å². The van der Waals surface area contributed by atoms with Crippen LogP contribution in [-0.4, -0.2) is 50.5 Å². The number of benzene rings is 1. The molecular weight excluding hydrogens is 238 g/mol. The molecule has 3 heteroatoms. The third-order valence-corrected chi connectivity index (χ3v) is 4.40. The lowest BCUT2D eigenvalue weighted by Gasteiger charge is -2.32. The fourth-order valence-electron chi connectivity index (χ4n) is 2.95. The van der Waals surface area contributed by atoms with Gasteiger partial charge in [-0.1, -0.05) is 30.3 Å². The second-order valence-electron chi connectivity index (χ2n) is 5.87. The first-order valence-electron chi connectivity index (χ1n) is 7.23. The predicted octanol–water partition coefficient (Wildman–Crippen LogP) is 1.97. The maximum Gasteiger partial charge on any atom is 0.100 e. The zero-order chi connectivity index (χ0) is 13.1. The number of rotatable bonds is 5. The van der Waals surface area contributed by atoms with E-state index in [9.17, 15) is 0 Å². The van der Waals surface area contributed by atoms with E-state index < -0.39 is 0 Å². The highest BCUT2D eigenvalue weighted by atomic mass is 16.6. The second kappa shape index (κ2) is 5.61. The second-order valence-corrected chi connectivity index (χ2v) is 5.87. The highest BCUT2D eigenvalue weighted by Gasteiger charge is 2.52. The van der Waals surface area contributed by atoms with Crippen LogP contribution in [0.4, 0.5) is 0 Å². The zero-order valence-electron chi connectivity index (χ0n) is 11.7. The molecule has 0 N–H and O–H groups in total. The van der Waals surface area contributed by atoms with Crippen molar-refractivity contribution in [3.8, 4) is 0 Å². The van der Waals surface area contributed by atoms with E-state index in [2.05, 4.69) is 42.3 Å². The maximum absolute atomic E-state index is 5.71. The molecule has 0 amide bonds. The van der Waals surface area contributed by atoms with E-state index in [1.807, 2.05) is 0 Å². The van der Waals surface area contributed by atoms with Crippen LogP contribution in [0.25, 0.3) is 0 Å². The summed E-state index contributed by atoms with van der Waals surface area (Å²) in [7, 11) is 2.20. The van der Waals surface area contributed by atoms with Crippen LogP contribution >= 0.6 is 0 Å². The van der Waals surface area contributed by atoms with Crippen LogP contribution in [0.2, 0.25) is 0 Å². The summed E-state index contributed by atoms with van der Waals surface area (Å²) in [4.78, 5) is 2.41. The minimum atomic E-state index is 0.166. The molecule has 0 bridgehead atoms. The number of hydrogen-bond donors (Lipinski definition) is 0. The molecule has 2 fully saturated rings. The van der Waals surface area contributed by atoms with E-state index in [-0.39, 0.29) is 5.60 Å². The number of likely N-dealkylation sites (N-methyl/N-ethyl adjacent to an activating group) is 1. The Bertz CT molecular complexity index is 402. The molecule has 0 aromatic heterocycles. The molecule has 19 heavy (non-hydrogen) atoms. The molecule has 3 rings (SSSR count). The molecule has 2 aliphatic rings. The fraction of sp³-hybridized carbons (Fsp3) is 0.625. The lowest BCUT2D eigenvalue weighted by atomic mass is 9.88. The molecule has 2 atom stereocenters. The molecule has 104 valence electrons. The van der Waals surface area contributed by atoms with Gasteiger partial charge in [0, 0.05) is 32.0 Å². The highest BCUT2D eigenvalue weighted by Crippen LogP contribution is 2.41. The molecule has 1 spiro atoms. The summed E-state index contributed by atoms with van der Waals surface area (Å²) in [6, 6.07) is 10.7. The summed E-state index contributed by atoms with van der Waals surface area (Å²) in [6.07, 6.45) is 2.18. The molecule has 2 heterocycles. The fourth-order valence-corrected chi connectivity index (χ4v) is 2.95. The third-order valence-electron chi connectivity index (χ3n) is 4.40. The summed E-state index contributed by atoms with van der Waals surface area (Å²) >= 11 is 0. The minimum Gasteiger partial charge on any atom is -0.381 e. The number of nitrogens with zero attached hydrogens (tertiary/aromatic N) is 1. The van der Waals surface area contributed by atoms with Crippen molar-refractivity contribution in [1.29, 1.82) is 0 Å². The Kier molecular flexibility index (Phi) is 3.87. The first-order valence-corrected chi connectivity index (χ1v) is 7.23. The van der Waals surface area contributed by atoms with Gasteiger partial charge in [0.15, 0.2) is 0 Å². The van der Waals surface area contributed by atoms with Gasteiger partial charge in [-0.25, -0.2) is 0 Å². The van der Waals surface area contributed by atoms with Gasteiger partial charge in [0.25, 0.3) is 0 Å². The standard InChI is InChI=1S/C16H23NO2/c1-17(9-7-14-5-3-2-4-6-14)11-15-12-18-10-8-16(15)13-19-16/h2-6,15H,7-13H2,1H3. The summed E-state index contributed by atoms with van der Waals surface area (Å²) in [5.41, 5.74) is 1.57. The van der Waals surface area contributed by atoms with Crippen LogP contribution in [0.15, 0.2) is 30.3 Å². The minimum absolute atomic E-state index is 0.166. The van der Waals surface area contributed by atoms with Crippen molar-refractivity contribution in [2.24, 2.45) is 5.92 Å². The molecular formula is C16H23NO2. The summed E-state index contributed by atoms with van der Waals surface area (Å²) < 4.78 is 11.3. The lowest BCUT2D eigenvalue weighted by Crippen LogP contribution is -2.42. The first kappa shape index (κ1) is 13.1. The maximum atomic E-state index is 5.71. The van der Waals surface area contributed by atoms with Crippen LogP contribution in [0.3, 0.4) is 0 Å². The van der Waals surface area contributed by atoms with Crippen molar-refractivity contribution in [2.75, 3.05) is 40.0 Å². The van der Waals surface area contributed by atoms with E-state index in [0.29, 0.717) is 5.92 Å². The van der Waals surface area contributed by atoms with Gasteiger partial charge in [0.05, 0.1) is 13.2 Å². The molecule has 1 aromatic carbocycles. The zero-order valence-corrected chi connectivity index (χ0v) is 11.7. The SMILES string of the molecule is CN(CCc1ccccc1)CC1COCCC12CO2. The van der Waals surface area contributed by atoms with Crippen LogP contribution in [0.5, 0.6) is 0 Å². The Morgan fingerprint density at radius 2 is 2.11 bits per heavy atom. The number of epoxide rings is 1. The number of ether oxygens (including phenoxy) is 2. The Labute approximate surface area is 115 Å². The highest BCUT2D eigenvalue weighted by molar-refractivity contribution is 5.14. The molecule has 0 saturated carbocycles. The lowest BCUT2D eigenvalue weighted by molar-refractivity contribution is -0.0115. The van der Waals surface area contributed by atoms with Gasteiger partial charge in [-0.3, -0.25) is 0 Å². The normalized spacial score (nSPS) is 29.9. The van der Waals surface area contributed by atoms with Gasteiger partial charge >= 0.3 is 0 Å². The predicted molar refractivity (Wildman–Crippen MR) is 75.3 cm³/mol.